The summed E-state index contributed by atoms with van der Waals surface area (Å²) >= 11 is 0. The van der Waals surface area contributed by atoms with Crippen LogP contribution < -0.4 is 10.6 Å². The van der Waals surface area contributed by atoms with Crippen molar-refractivity contribution in [3.8, 4) is 0 Å². The van der Waals surface area contributed by atoms with Gasteiger partial charge in [0.15, 0.2) is 0 Å². The molecule has 3 atom stereocenters. The van der Waals surface area contributed by atoms with E-state index in [4.69, 9.17) is 4.99 Å². The lowest BCUT2D eigenvalue weighted by atomic mass is 9.85. The molecule has 3 amide bonds. The molecule has 2 fully saturated rings. The topological polar surface area (TPSA) is 73.8 Å². The van der Waals surface area contributed by atoms with Crippen LogP contribution in [0.3, 0.4) is 0 Å². The average molecular weight is 354 g/mol. The molecule has 6 nitrogen and oxygen atoms in total. The molecule has 1 spiro atoms. The Morgan fingerprint density at radius 3 is 2.92 bits per heavy atom. The van der Waals surface area contributed by atoms with Crippen LogP contribution in [-0.4, -0.2) is 41.3 Å². The molecule has 1 aliphatic carbocycles. The van der Waals surface area contributed by atoms with Crippen LogP contribution in [0, 0.1) is 18.8 Å². The number of aliphatic imine (C=N–C) groups is 1. The number of hydrogen-bond acceptors (Lipinski definition) is 3. The molecule has 1 saturated carbocycles. The largest absolute Gasteiger partial charge is 0.334 e. The number of carbonyl (C=O) groups excluding carboxylic acids is 2. The van der Waals surface area contributed by atoms with E-state index in [-0.39, 0.29) is 17.9 Å². The van der Waals surface area contributed by atoms with Crippen molar-refractivity contribution >= 4 is 17.8 Å². The molecule has 0 bridgehead atoms. The highest BCUT2D eigenvalue weighted by Crippen LogP contribution is 2.48. The summed E-state index contributed by atoms with van der Waals surface area (Å²) in [5.74, 6) is 1.32. The number of amidine groups is 1. The van der Waals surface area contributed by atoms with Crippen LogP contribution in [0.4, 0.5) is 4.79 Å². The number of fused-ring (bicyclic) bond motifs is 2. The third-order valence-corrected chi connectivity index (χ3v) is 6.25. The Bertz CT molecular complexity index is 775. The highest BCUT2D eigenvalue weighted by atomic mass is 16.2. The zero-order valence-electron chi connectivity index (χ0n) is 15.4. The van der Waals surface area contributed by atoms with Gasteiger partial charge in [0.05, 0.1) is 0 Å². The molecular weight excluding hydrogens is 328 g/mol. The predicted octanol–water partition coefficient (Wildman–Crippen LogP) is 2.22. The van der Waals surface area contributed by atoms with Gasteiger partial charge in [-0.3, -0.25) is 9.79 Å². The van der Waals surface area contributed by atoms with Gasteiger partial charge in [0.1, 0.15) is 11.4 Å². The van der Waals surface area contributed by atoms with Crippen molar-refractivity contribution in [2.75, 3.05) is 13.1 Å². The van der Waals surface area contributed by atoms with Gasteiger partial charge in [-0.2, -0.15) is 0 Å². The SMILES string of the molecule is CCC1=N[C@]2(CC[C@H]3CN(C(=O)NCc4ccccc4C)C[C@H]32)C(=O)N1. The Morgan fingerprint density at radius 2 is 2.19 bits per heavy atom. The van der Waals surface area contributed by atoms with Crippen LogP contribution >= 0.6 is 0 Å². The molecule has 2 N–H and O–H groups in total. The van der Waals surface area contributed by atoms with Gasteiger partial charge < -0.3 is 15.5 Å². The van der Waals surface area contributed by atoms with Gasteiger partial charge in [-0.25, -0.2) is 4.79 Å². The maximum atomic E-state index is 12.6. The fraction of sp³-hybridized carbons (Fsp3) is 0.550. The van der Waals surface area contributed by atoms with Crippen LogP contribution in [0.25, 0.3) is 0 Å². The summed E-state index contributed by atoms with van der Waals surface area (Å²) in [4.78, 5) is 31.9. The molecule has 0 radical (unpaired) electrons. The summed E-state index contributed by atoms with van der Waals surface area (Å²) in [6.07, 6.45) is 2.50. The first-order chi connectivity index (χ1) is 12.5. The van der Waals surface area contributed by atoms with E-state index in [2.05, 4.69) is 10.6 Å². The Kier molecular flexibility index (Phi) is 4.21. The minimum absolute atomic E-state index is 0.0315. The number of amides is 3. The lowest BCUT2D eigenvalue weighted by molar-refractivity contribution is -0.124. The molecule has 4 rings (SSSR count). The van der Waals surface area contributed by atoms with Crippen molar-refractivity contribution in [2.45, 2.75) is 45.2 Å². The Morgan fingerprint density at radius 1 is 1.38 bits per heavy atom. The molecule has 2 heterocycles. The van der Waals surface area contributed by atoms with E-state index in [0.29, 0.717) is 19.0 Å². The number of carbonyl (C=O) groups is 2. The fourth-order valence-corrected chi connectivity index (χ4v) is 4.70. The van der Waals surface area contributed by atoms with Crippen molar-refractivity contribution in [1.29, 1.82) is 0 Å². The smallest absolute Gasteiger partial charge is 0.317 e. The van der Waals surface area contributed by atoms with Crippen molar-refractivity contribution in [3.05, 3.63) is 35.4 Å². The zero-order valence-corrected chi connectivity index (χ0v) is 15.4. The Labute approximate surface area is 154 Å². The third-order valence-electron chi connectivity index (χ3n) is 6.25. The molecule has 6 heteroatoms. The second-order valence-corrected chi connectivity index (χ2v) is 7.69. The van der Waals surface area contributed by atoms with Crippen molar-refractivity contribution in [2.24, 2.45) is 16.8 Å². The van der Waals surface area contributed by atoms with Gasteiger partial charge in [0.2, 0.25) is 0 Å². The van der Waals surface area contributed by atoms with Gasteiger partial charge in [0, 0.05) is 32.0 Å². The van der Waals surface area contributed by atoms with E-state index in [9.17, 15) is 9.59 Å². The first-order valence-corrected chi connectivity index (χ1v) is 9.51. The standard InChI is InChI=1S/C20H26N4O2/c1-3-17-22-18(25)20(23-17)9-8-15-11-24(12-16(15)20)19(26)21-10-14-7-5-4-6-13(14)2/h4-7,15-16H,3,8-12H2,1-2H3,(H,21,26)(H,22,23,25)/t15-,16+,20-/m0/s1. The minimum atomic E-state index is -0.638. The predicted molar refractivity (Wildman–Crippen MR) is 99.8 cm³/mol. The molecule has 0 aromatic heterocycles. The van der Waals surface area contributed by atoms with Crippen LogP contribution in [0.15, 0.2) is 29.3 Å². The van der Waals surface area contributed by atoms with Crippen LogP contribution in [0.5, 0.6) is 0 Å². The van der Waals surface area contributed by atoms with E-state index in [1.54, 1.807) is 0 Å². The average Bonchev–Trinajstić information content (AvgIpc) is 3.29. The normalized spacial score (nSPS) is 29.7. The van der Waals surface area contributed by atoms with Crippen LogP contribution in [0.2, 0.25) is 0 Å². The molecular formula is C20H26N4O2. The second kappa shape index (κ2) is 6.41. The lowest BCUT2D eigenvalue weighted by Gasteiger charge is -2.25. The summed E-state index contributed by atoms with van der Waals surface area (Å²) in [5.41, 5.74) is 1.67. The van der Waals surface area contributed by atoms with Crippen molar-refractivity contribution < 1.29 is 9.59 Å². The Hall–Kier alpha value is -2.37. The van der Waals surface area contributed by atoms with Crippen molar-refractivity contribution in [3.63, 3.8) is 0 Å². The van der Waals surface area contributed by atoms with Crippen LogP contribution in [0.1, 0.15) is 37.3 Å². The molecule has 0 unspecified atom stereocenters. The van der Waals surface area contributed by atoms with Gasteiger partial charge in [-0.1, -0.05) is 31.2 Å². The summed E-state index contributed by atoms with van der Waals surface area (Å²) in [5, 5.41) is 5.97. The minimum Gasteiger partial charge on any atom is -0.334 e. The van der Waals surface area contributed by atoms with E-state index in [1.807, 2.05) is 43.0 Å². The summed E-state index contributed by atoms with van der Waals surface area (Å²) in [6.45, 7) is 5.91. The number of benzene rings is 1. The van der Waals surface area contributed by atoms with Crippen molar-refractivity contribution in [1.82, 2.24) is 15.5 Å². The van der Waals surface area contributed by atoms with Gasteiger partial charge in [0.25, 0.3) is 5.91 Å². The molecule has 3 aliphatic rings. The number of rotatable bonds is 3. The maximum absolute atomic E-state index is 12.6. The second-order valence-electron chi connectivity index (χ2n) is 7.69. The summed E-state index contributed by atoms with van der Waals surface area (Å²) in [7, 11) is 0. The quantitative estimate of drug-likeness (QED) is 0.873. The molecule has 26 heavy (non-hydrogen) atoms. The van der Waals surface area contributed by atoms with E-state index in [0.717, 1.165) is 37.2 Å². The molecule has 1 aromatic carbocycles. The number of nitrogens with zero attached hydrogens (tertiary/aromatic N) is 2. The number of nitrogens with one attached hydrogen (secondary N) is 2. The Balaban J connectivity index is 1.42. The molecule has 2 aliphatic heterocycles. The lowest BCUT2D eigenvalue weighted by Crippen LogP contribution is -2.46. The van der Waals surface area contributed by atoms with Gasteiger partial charge >= 0.3 is 6.03 Å². The fourth-order valence-electron chi connectivity index (χ4n) is 4.70. The summed E-state index contributed by atoms with van der Waals surface area (Å²) in [6, 6.07) is 8.02. The van der Waals surface area contributed by atoms with E-state index >= 15 is 0 Å². The number of hydrogen-bond donors (Lipinski definition) is 2. The molecule has 1 saturated heterocycles. The van der Waals surface area contributed by atoms with E-state index in [1.165, 1.54) is 5.56 Å². The van der Waals surface area contributed by atoms with Gasteiger partial charge in [-0.05, 0) is 36.8 Å². The van der Waals surface area contributed by atoms with Crippen LogP contribution in [-0.2, 0) is 11.3 Å². The number of urea groups is 1. The highest BCUT2D eigenvalue weighted by Gasteiger charge is 2.59. The number of likely N-dealkylation sites (tertiary alicyclic amines) is 1. The summed E-state index contributed by atoms with van der Waals surface area (Å²) < 4.78 is 0. The highest BCUT2D eigenvalue weighted by molar-refractivity contribution is 6.08. The van der Waals surface area contributed by atoms with Gasteiger partial charge in [-0.15, -0.1) is 0 Å². The first-order valence-electron chi connectivity index (χ1n) is 9.51. The van der Waals surface area contributed by atoms with E-state index < -0.39 is 5.54 Å². The molecule has 138 valence electrons. The third kappa shape index (κ3) is 2.68. The zero-order chi connectivity index (χ0) is 18.3. The first kappa shape index (κ1) is 17.1. The molecule has 1 aromatic rings. The monoisotopic (exact) mass is 354 g/mol. The number of aryl methyl sites for hydroxylation is 1. The maximum Gasteiger partial charge on any atom is 0.317 e.